The molecular weight excluding hydrogens is 398 g/mol. The van der Waals surface area contributed by atoms with Gasteiger partial charge in [0, 0.05) is 19.6 Å². The summed E-state index contributed by atoms with van der Waals surface area (Å²) >= 11 is 0. The Morgan fingerprint density at radius 1 is 0.929 bits per heavy atom. The maximum Gasteiger partial charge on any atom is 0.243 e. The topological polar surface area (TPSA) is 86.8 Å². The molecule has 0 aliphatic carbocycles. The number of sulfonamides is 2. The maximum atomic E-state index is 12.5. The number of piperidine rings is 1. The normalized spacial score (nSPS) is 20.6. The van der Waals surface area contributed by atoms with Gasteiger partial charge in [-0.1, -0.05) is 6.92 Å². The van der Waals surface area contributed by atoms with E-state index < -0.39 is 20.0 Å². The van der Waals surface area contributed by atoms with E-state index in [4.69, 9.17) is 0 Å². The molecule has 28 heavy (non-hydrogen) atoms. The third-order valence-electron chi connectivity index (χ3n) is 5.66. The van der Waals surface area contributed by atoms with Crippen molar-refractivity contribution in [2.45, 2.75) is 48.8 Å². The van der Waals surface area contributed by atoms with Crippen molar-refractivity contribution in [3.63, 3.8) is 0 Å². The average Bonchev–Trinajstić information content (AvgIpc) is 3.22. The molecule has 0 saturated carbocycles. The smallest absolute Gasteiger partial charge is 0.243 e. The molecule has 2 aliphatic rings. The molecule has 158 valence electrons. The second-order valence-corrected chi connectivity index (χ2v) is 11.6. The van der Waals surface area contributed by atoms with E-state index in [1.54, 1.807) is 0 Å². The summed E-state index contributed by atoms with van der Waals surface area (Å²) in [6.45, 7) is 6.76. The molecule has 0 aromatic heterocycles. The number of hydrogen-bond donors (Lipinski definition) is 1. The second-order valence-electron chi connectivity index (χ2n) is 7.86. The third kappa shape index (κ3) is 5.33. The van der Waals surface area contributed by atoms with Gasteiger partial charge in [-0.15, -0.1) is 0 Å². The first-order valence-electron chi connectivity index (χ1n) is 10.1. The van der Waals surface area contributed by atoms with Crippen LogP contribution in [0.15, 0.2) is 34.1 Å². The van der Waals surface area contributed by atoms with Crippen molar-refractivity contribution in [2.24, 2.45) is 5.92 Å². The summed E-state index contributed by atoms with van der Waals surface area (Å²) in [6, 6.07) is 5.52. The van der Waals surface area contributed by atoms with Crippen LogP contribution in [0, 0.1) is 5.92 Å². The zero-order valence-corrected chi connectivity index (χ0v) is 18.1. The molecule has 1 N–H and O–H groups in total. The van der Waals surface area contributed by atoms with Crippen LogP contribution in [-0.4, -0.2) is 65.3 Å². The summed E-state index contributed by atoms with van der Waals surface area (Å²) in [5.74, 6) is 0.784. The van der Waals surface area contributed by atoms with Gasteiger partial charge in [-0.3, -0.25) is 0 Å². The minimum atomic E-state index is -3.63. The summed E-state index contributed by atoms with van der Waals surface area (Å²) in [6.07, 6.45) is 4.91. The molecule has 2 fully saturated rings. The summed E-state index contributed by atoms with van der Waals surface area (Å²) < 4.78 is 54.1. The lowest BCUT2D eigenvalue weighted by Crippen LogP contribution is -2.35. The van der Waals surface area contributed by atoms with E-state index >= 15 is 0 Å². The number of rotatable bonds is 8. The zero-order chi connectivity index (χ0) is 20.2. The molecular formula is C19H31N3O4S2. The first kappa shape index (κ1) is 21.7. The molecule has 2 aliphatic heterocycles. The molecule has 2 saturated heterocycles. The Morgan fingerprint density at radius 2 is 1.50 bits per heavy atom. The molecule has 0 amide bonds. The van der Waals surface area contributed by atoms with Gasteiger partial charge in [-0.05, 0) is 81.9 Å². The summed E-state index contributed by atoms with van der Waals surface area (Å²) in [4.78, 5) is 2.62. The van der Waals surface area contributed by atoms with Crippen LogP contribution in [0.3, 0.4) is 0 Å². The second kappa shape index (κ2) is 9.21. The summed E-state index contributed by atoms with van der Waals surface area (Å²) in [7, 11) is -7.16. The Morgan fingerprint density at radius 3 is 2.11 bits per heavy atom. The van der Waals surface area contributed by atoms with Gasteiger partial charge in [-0.25, -0.2) is 21.6 Å². The van der Waals surface area contributed by atoms with Crippen molar-refractivity contribution in [3.8, 4) is 0 Å². The zero-order valence-electron chi connectivity index (χ0n) is 16.5. The van der Waals surface area contributed by atoms with E-state index in [1.165, 1.54) is 41.4 Å². The Kier molecular flexibility index (Phi) is 7.14. The van der Waals surface area contributed by atoms with Crippen LogP contribution in [0.2, 0.25) is 0 Å². The molecule has 2 heterocycles. The van der Waals surface area contributed by atoms with Gasteiger partial charge in [0.15, 0.2) is 0 Å². The number of nitrogens with one attached hydrogen (secondary N) is 1. The van der Waals surface area contributed by atoms with Gasteiger partial charge in [0.25, 0.3) is 0 Å². The molecule has 1 aromatic rings. The molecule has 0 atom stereocenters. The van der Waals surface area contributed by atoms with Crippen molar-refractivity contribution in [1.29, 1.82) is 0 Å². The van der Waals surface area contributed by atoms with Crippen LogP contribution in [0.5, 0.6) is 0 Å². The SMILES string of the molecule is CC1CCN(CCCNS(=O)(=O)c2ccc(S(=O)(=O)N3CCCC3)cc2)CC1. The fourth-order valence-electron chi connectivity index (χ4n) is 3.75. The third-order valence-corrected chi connectivity index (χ3v) is 9.05. The number of hydrogen-bond acceptors (Lipinski definition) is 5. The Hall–Kier alpha value is -1.00. The highest BCUT2D eigenvalue weighted by Crippen LogP contribution is 2.22. The van der Waals surface area contributed by atoms with Crippen LogP contribution in [0.25, 0.3) is 0 Å². The van der Waals surface area contributed by atoms with E-state index in [2.05, 4.69) is 16.5 Å². The lowest BCUT2D eigenvalue weighted by atomic mass is 9.99. The predicted molar refractivity (Wildman–Crippen MR) is 109 cm³/mol. The molecule has 1 aromatic carbocycles. The molecule has 0 radical (unpaired) electrons. The van der Waals surface area contributed by atoms with E-state index in [0.29, 0.717) is 19.6 Å². The van der Waals surface area contributed by atoms with E-state index in [0.717, 1.165) is 44.8 Å². The van der Waals surface area contributed by atoms with E-state index in [1.807, 2.05) is 0 Å². The van der Waals surface area contributed by atoms with Crippen LogP contribution < -0.4 is 4.72 Å². The first-order valence-corrected chi connectivity index (χ1v) is 13.0. The Balaban J connectivity index is 1.52. The summed E-state index contributed by atoms with van der Waals surface area (Å²) in [5, 5.41) is 0. The standard InChI is InChI=1S/C19H31N3O4S2/c1-17-9-15-21(16-10-17)12-4-11-20-27(23,24)18-5-7-19(8-6-18)28(25,26)22-13-2-3-14-22/h5-8,17,20H,2-4,9-16H2,1H3. The molecule has 0 bridgehead atoms. The van der Waals surface area contributed by atoms with E-state index in [9.17, 15) is 16.8 Å². The highest BCUT2D eigenvalue weighted by molar-refractivity contribution is 7.89. The van der Waals surface area contributed by atoms with Crippen molar-refractivity contribution in [2.75, 3.05) is 39.3 Å². The lowest BCUT2D eigenvalue weighted by molar-refractivity contribution is 0.191. The molecule has 0 spiro atoms. The molecule has 9 heteroatoms. The van der Waals surface area contributed by atoms with Crippen molar-refractivity contribution in [3.05, 3.63) is 24.3 Å². The van der Waals surface area contributed by atoms with Crippen molar-refractivity contribution >= 4 is 20.0 Å². The highest BCUT2D eigenvalue weighted by Gasteiger charge is 2.27. The predicted octanol–water partition coefficient (Wildman–Crippen LogP) is 1.87. The van der Waals surface area contributed by atoms with Crippen LogP contribution in [-0.2, 0) is 20.0 Å². The Labute approximate surface area is 169 Å². The molecule has 7 nitrogen and oxygen atoms in total. The van der Waals surface area contributed by atoms with Gasteiger partial charge in [0.2, 0.25) is 20.0 Å². The van der Waals surface area contributed by atoms with Gasteiger partial charge in [0.05, 0.1) is 9.79 Å². The quantitative estimate of drug-likeness (QED) is 0.638. The fourth-order valence-corrected chi connectivity index (χ4v) is 6.34. The molecule has 3 rings (SSSR count). The van der Waals surface area contributed by atoms with Gasteiger partial charge < -0.3 is 4.90 Å². The highest BCUT2D eigenvalue weighted by atomic mass is 32.2. The molecule has 0 unspecified atom stereocenters. The number of benzene rings is 1. The number of likely N-dealkylation sites (tertiary alicyclic amines) is 1. The Bertz CT molecular complexity index is 840. The monoisotopic (exact) mass is 429 g/mol. The van der Waals surface area contributed by atoms with Gasteiger partial charge in [0.1, 0.15) is 0 Å². The van der Waals surface area contributed by atoms with Gasteiger partial charge in [-0.2, -0.15) is 4.31 Å². The minimum absolute atomic E-state index is 0.0969. The average molecular weight is 430 g/mol. The van der Waals surface area contributed by atoms with Crippen LogP contribution in [0.1, 0.15) is 39.0 Å². The van der Waals surface area contributed by atoms with Crippen molar-refractivity contribution < 1.29 is 16.8 Å². The first-order chi connectivity index (χ1) is 13.3. The van der Waals surface area contributed by atoms with Crippen LogP contribution >= 0.6 is 0 Å². The number of nitrogens with zero attached hydrogens (tertiary/aromatic N) is 2. The summed E-state index contributed by atoms with van der Waals surface area (Å²) in [5.41, 5.74) is 0. The van der Waals surface area contributed by atoms with Crippen LogP contribution in [0.4, 0.5) is 0 Å². The fraction of sp³-hybridized carbons (Fsp3) is 0.684. The lowest BCUT2D eigenvalue weighted by Gasteiger charge is -2.30. The largest absolute Gasteiger partial charge is 0.303 e. The van der Waals surface area contributed by atoms with Crippen molar-refractivity contribution in [1.82, 2.24) is 13.9 Å². The van der Waals surface area contributed by atoms with Gasteiger partial charge >= 0.3 is 0 Å². The minimum Gasteiger partial charge on any atom is -0.303 e. The maximum absolute atomic E-state index is 12.5. The van der Waals surface area contributed by atoms with E-state index in [-0.39, 0.29) is 9.79 Å².